The third kappa shape index (κ3) is 1.97. The van der Waals surface area contributed by atoms with Crippen molar-refractivity contribution >= 4 is 47.1 Å². The van der Waals surface area contributed by atoms with Crippen LogP contribution in [0.1, 0.15) is 20.7 Å². The molecule has 0 aromatic carbocycles. The molecule has 0 unspecified atom stereocenters. The third-order valence-electron chi connectivity index (χ3n) is 1.58. The van der Waals surface area contributed by atoms with Gasteiger partial charge in [0.1, 0.15) is 0 Å². The minimum atomic E-state index is -1.03. The van der Waals surface area contributed by atoms with Gasteiger partial charge in [0, 0.05) is 0 Å². The molecule has 0 aliphatic rings. The van der Waals surface area contributed by atoms with Gasteiger partial charge in [-0.25, -0.2) is 4.79 Å². The van der Waals surface area contributed by atoms with Crippen LogP contribution in [0.25, 0.3) is 0 Å². The molecule has 0 spiro atoms. The van der Waals surface area contributed by atoms with Crippen LogP contribution >= 0.6 is 34.9 Å². The molecule has 14 heavy (non-hydrogen) atoms. The zero-order chi connectivity index (χ0) is 10.7. The number of aromatic carboxylic acids is 1. The zero-order valence-electron chi connectivity index (χ0n) is 7.57. The molecular formula is C8H8O3S3. The van der Waals surface area contributed by atoms with Gasteiger partial charge in [-0.1, -0.05) is 0 Å². The van der Waals surface area contributed by atoms with Gasteiger partial charge in [0.2, 0.25) is 0 Å². The number of hydrogen-bond acceptors (Lipinski definition) is 5. The predicted octanol–water partition coefficient (Wildman–Crippen LogP) is 2.70. The summed E-state index contributed by atoms with van der Waals surface area (Å²) in [5, 5.41) is 8.94. The van der Waals surface area contributed by atoms with Crippen molar-refractivity contribution in [3.63, 3.8) is 0 Å². The number of carboxylic acid groups (broad SMARTS) is 1. The van der Waals surface area contributed by atoms with Crippen LogP contribution < -0.4 is 0 Å². The Hall–Kier alpha value is -0.460. The summed E-state index contributed by atoms with van der Waals surface area (Å²) in [4.78, 5) is 21.7. The lowest BCUT2D eigenvalue weighted by atomic mass is 10.2. The summed E-state index contributed by atoms with van der Waals surface area (Å²) in [5.74, 6) is -1.03. The average Bonchev–Trinajstić information content (AvgIpc) is 2.54. The first-order chi connectivity index (χ1) is 6.65. The van der Waals surface area contributed by atoms with Crippen LogP contribution in [0.15, 0.2) is 8.42 Å². The molecule has 1 heterocycles. The predicted molar refractivity (Wildman–Crippen MR) is 60.2 cm³/mol. The van der Waals surface area contributed by atoms with Crippen molar-refractivity contribution in [3.05, 3.63) is 11.1 Å². The highest BCUT2D eigenvalue weighted by Crippen LogP contribution is 2.38. The van der Waals surface area contributed by atoms with Gasteiger partial charge >= 0.3 is 5.97 Å². The Balaban J connectivity index is 3.40. The molecule has 1 aromatic heterocycles. The topological polar surface area (TPSA) is 54.4 Å². The van der Waals surface area contributed by atoms with Crippen LogP contribution in [-0.4, -0.2) is 29.9 Å². The quantitative estimate of drug-likeness (QED) is 0.656. The number of thiophene rings is 1. The van der Waals surface area contributed by atoms with Crippen LogP contribution in [0.5, 0.6) is 0 Å². The monoisotopic (exact) mass is 248 g/mol. The number of carboxylic acids is 1. The van der Waals surface area contributed by atoms with E-state index in [4.69, 9.17) is 5.11 Å². The van der Waals surface area contributed by atoms with E-state index >= 15 is 0 Å². The van der Waals surface area contributed by atoms with E-state index in [1.165, 1.54) is 34.9 Å². The first-order valence-electron chi connectivity index (χ1n) is 3.59. The summed E-state index contributed by atoms with van der Waals surface area (Å²) in [5.41, 5.74) is 0.446. The van der Waals surface area contributed by atoms with Crippen molar-refractivity contribution in [2.24, 2.45) is 0 Å². The molecule has 6 heteroatoms. The fourth-order valence-corrected chi connectivity index (χ4v) is 3.83. The number of carbonyl (C=O) groups excluding carboxylic acids is 1. The standard InChI is InChI=1S/C8H8O3S3/c1-12-7-4(3-9)5(6(10)11)8(13-2)14-7/h3H,1-2H3,(H,10,11). The Morgan fingerprint density at radius 3 is 2.29 bits per heavy atom. The lowest BCUT2D eigenvalue weighted by Gasteiger charge is -1.94. The van der Waals surface area contributed by atoms with Gasteiger partial charge < -0.3 is 5.11 Å². The van der Waals surface area contributed by atoms with Crippen LogP contribution in [-0.2, 0) is 0 Å². The summed E-state index contributed by atoms with van der Waals surface area (Å²) in [6, 6.07) is 0. The molecule has 0 saturated heterocycles. The third-order valence-corrected chi connectivity index (χ3v) is 5.04. The molecule has 1 aromatic rings. The summed E-state index contributed by atoms with van der Waals surface area (Å²) in [7, 11) is 0. The summed E-state index contributed by atoms with van der Waals surface area (Å²) < 4.78 is 1.45. The van der Waals surface area contributed by atoms with Crippen molar-refractivity contribution in [2.45, 2.75) is 8.42 Å². The first kappa shape index (κ1) is 11.6. The van der Waals surface area contributed by atoms with Crippen molar-refractivity contribution in [1.29, 1.82) is 0 Å². The molecule has 0 bridgehead atoms. The fourth-order valence-electron chi connectivity index (χ4n) is 1.01. The molecule has 1 rings (SSSR count). The van der Waals surface area contributed by atoms with E-state index in [-0.39, 0.29) is 5.56 Å². The van der Waals surface area contributed by atoms with E-state index in [9.17, 15) is 9.59 Å². The molecule has 0 fully saturated rings. The van der Waals surface area contributed by atoms with E-state index in [2.05, 4.69) is 0 Å². The second-order valence-corrected chi connectivity index (χ2v) is 5.47. The van der Waals surface area contributed by atoms with E-state index in [0.717, 1.165) is 4.21 Å². The van der Waals surface area contributed by atoms with Crippen molar-refractivity contribution in [3.8, 4) is 0 Å². The Morgan fingerprint density at radius 1 is 1.36 bits per heavy atom. The van der Waals surface area contributed by atoms with E-state index in [1.54, 1.807) is 6.26 Å². The van der Waals surface area contributed by atoms with Gasteiger partial charge in [0.05, 0.1) is 19.5 Å². The molecule has 1 N–H and O–H groups in total. The SMILES string of the molecule is CSc1sc(SC)c(C(=O)O)c1C=O. The minimum absolute atomic E-state index is 0.141. The normalized spacial score (nSPS) is 10.1. The fraction of sp³-hybridized carbons (Fsp3) is 0.250. The average molecular weight is 248 g/mol. The lowest BCUT2D eigenvalue weighted by molar-refractivity contribution is 0.0691. The van der Waals surface area contributed by atoms with E-state index in [0.29, 0.717) is 16.1 Å². The van der Waals surface area contributed by atoms with Crippen LogP contribution in [0.2, 0.25) is 0 Å². The molecule has 3 nitrogen and oxygen atoms in total. The molecule has 0 saturated carbocycles. The Bertz CT molecular complexity index is 370. The molecule has 0 atom stereocenters. The van der Waals surface area contributed by atoms with E-state index in [1.807, 2.05) is 6.26 Å². The van der Waals surface area contributed by atoms with Crippen LogP contribution in [0.4, 0.5) is 0 Å². The highest BCUT2D eigenvalue weighted by atomic mass is 32.2. The van der Waals surface area contributed by atoms with Gasteiger partial charge in [-0.05, 0) is 12.5 Å². The largest absolute Gasteiger partial charge is 0.478 e. The van der Waals surface area contributed by atoms with Gasteiger partial charge in [-0.2, -0.15) is 0 Å². The molecule has 0 aliphatic carbocycles. The molecular weight excluding hydrogens is 240 g/mol. The molecule has 0 radical (unpaired) electrons. The zero-order valence-corrected chi connectivity index (χ0v) is 10.0. The molecule has 76 valence electrons. The number of carbonyl (C=O) groups is 2. The lowest BCUT2D eigenvalue weighted by Crippen LogP contribution is -2.00. The highest BCUT2D eigenvalue weighted by Gasteiger charge is 2.21. The van der Waals surface area contributed by atoms with Crippen molar-refractivity contribution in [2.75, 3.05) is 12.5 Å². The summed E-state index contributed by atoms with van der Waals surface area (Å²) >= 11 is 4.11. The molecule has 0 amide bonds. The van der Waals surface area contributed by atoms with Gasteiger partial charge in [0.25, 0.3) is 0 Å². The maximum atomic E-state index is 10.9. The number of hydrogen-bond donors (Lipinski definition) is 1. The maximum Gasteiger partial charge on any atom is 0.338 e. The summed E-state index contributed by atoms with van der Waals surface area (Å²) in [6.45, 7) is 0. The highest BCUT2D eigenvalue weighted by molar-refractivity contribution is 8.02. The molecule has 0 aliphatic heterocycles. The summed E-state index contributed by atoms with van der Waals surface area (Å²) in [6.07, 6.45) is 4.25. The second-order valence-electron chi connectivity index (χ2n) is 2.30. The maximum absolute atomic E-state index is 10.9. The van der Waals surface area contributed by atoms with Gasteiger partial charge in [-0.15, -0.1) is 34.9 Å². The Labute approximate surface area is 93.9 Å². The van der Waals surface area contributed by atoms with Crippen molar-refractivity contribution < 1.29 is 14.7 Å². The number of rotatable bonds is 4. The van der Waals surface area contributed by atoms with Gasteiger partial charge in [-0.3, -0.25) is 4.79 Å². The number of aldehydes is 1. The second kappa shape index (κ2) is 4.86. The van der Waals surface area contributed by atoms with Gasteiger partial charge in [0.15, 0.2) is 6.29 Å². The Morgan fingerprint density at radius 2 is 1.93 bits per heavy atom. The number of thioether (sulfide) groups is 2. The van der Waals surface area contributed by atoms with Crippen LogP contribution in [0.3, 0.4) is 0 Å². The first-order valence-corrected chi connectivity index (χ1v) is 6.85. The Kier molecular flexibility index (Phi) is 4.03. The van der Waals surface area contributed by atoms with Crippen LogP contribution in [0, 0.1) is 0 Å². The van der Waals surface area contributed by atoms with E-state index < -0.39 is 5.97 Å². The minimum Gasteiger partial charge on any atom is -0.478 e. The smallest absolute Gasteiger partial charge is 0.338 e. The van der Waals surface area contributed by atoms with Crippen molar-refractivity contribution in [1.82, 2.24) is 0 Å².